The van der Waals surface area contributed by atoms with Crippen molar-refractivity contribution in [3.8, 4) is 0 Å². The smallest absolute Gasteiger partial charge is 0.311 e. The molecule has 0 bridgehead atoms. The average molecular weight is 386 g/mol. The Morgan fingerprint density at radius 1 is 1.25 bits per heavy atom. The number of carbonyl (C=O) groups excluding carboxylic acids is 2. The standard InChI is InChI=1S/C17H17Cl2NO3S/c1-10(14-6-5-12(18)8-15(14)19)20-17(22)11(2)23-16(21)9-13-4-3-7-24-13/h3-8,10-11H,9H2,1-2H3,(H,20,22). The summed E-state index contributed by atoms with van der Waals surface area (Å²) in [4.78, 5) is 24.9. The van der Waals surface area contributed by atoms with Gasteiger partial charge in [0, 0.05) is 14.9 Å². The van der Waals surface area contributed by atoms with E-state index >= 15 is 0 Å². The highest BCUT2D eigenvalue weighted by Gasteiger charge is 2.21. The van der Waals surface area contributed by atoms with E-state index in [1.807, 2.05) is 17.5 Å². The third-order valence-corrected chi connectivity index (χ3v) is 4.80. The molecule has 1 amide bonds. The highest BCUT2D eigenvalue weighted by Crippen LogP contribution is 2.26. The van der Waals surface area contributed by atoms with Crippen LogP contribution in [0.3, 0.4) is 0 Å². The lowest BCUT2D eigenvalue weighted by Crippen LogP contribution is -2.37. The van der Waals surface area contributed by atoms with E-state index in [-0.39, 0.29) is 18.4 Å². The van der Waals surface area contributed by atoms with E-state index in [2.05, 4.69) is 5.32 Å². The first kappa shape index (κ1) is 18.8. The Morgan fingerprint density at radius 3 is 2.62 bits per heavy atom. The molecule has 1 aromatic carbocycles. The van der Waals surface area contributed by atoms with Gasteiger partial charge in [-0.2, -0.15) is 0 Å². The van der Waals surface area contributed by atoms with E-state index in [4.69, 9.17) is 27.9 Å². The predicted octanol–water partition coefficient (Wildman–Crippen LogP) is 4.41. The molecule has 2 atom stereocenters. The van der Waals surface area contributed by atoms with E-state index in [9.17, 15) is 9.59 Å². The molecule has 0 saturated heterocycles. The number of hydrogen-bond donors (Lipinski definition) is 1. The summed E-state index contributed by atoms with van der Waals surface area (Å²) < 4.78 is 5.17. The van der Waals surface area contributed by atoms with Crippen LogP contribution in [0.5, 0.6) is 0 Å². The molecule has 2 rings (SSSR count). The van der Waals surface area contributed by atoms with Crippen molar-refractivity contribution in [2.75, 3.05) is 0 Å². The van der Waals surface area contributed by atoms with Gasteiger partial charge in [-0.3, -0.25) is 9.59 Å². The second kappa shape index (κ2) is 8.51. The second-order valence-electron chi connectivity index (χ2n) is 5.28. The van der Waals surface area contributed by atoms with Gasteiger partial charge in [0.2, 0.25) is 0 Å². The molecule has 128 valence electrons. The van der Waals surface area contributed by atoms with Gasteiger partial charge in [0.25, 0.3) is 5.91 Å². The van der Waals surface area contributed by atoms with Crippen molar-refractivity contribution in [2.45, 2.75) is 32.4 Å². The highest BCUT2D eigenvalue weighted by molar-refractivity contribution is 7.10. The lowest BCUT2D eigenvalue weighted by atomic mass is 10.1. The van der Waals surface area contributed by atoms with E-state index in [1.165, 1.54) is 18.3 Å². The molecule has 0 aliphatic heterocycles. The predicted molar refractivity (Wildman–Crippen MR) is 96.6 cm³/mol. The largest absolute Gasteiger partial charge is 0.452 e. The first-order valence-corrected chi connectivity index (χ1v) is 8.97. The minimum atomic E-state index is -0.883. The molecular weight excluding hydrogens is 369 g/mol. The van der Waals surface area contributed by atoms with E-state index in [0.717, 1.165) is 10.4 Å². The molecule has 1 aromatic heterocycles. The molecule has 0 spiro atoms. The number of hydrogen-bond acceptors (Lipinski definition) is 4. The van der Waals surface area contributed by atoms with E-state index < -0.39 is 12.1 Å². The molecular formula is C17H17Cl2NO3S. The van der Waals surface area contributed by atoms with Crippen LogP contribution < -0.4 is 5.32 Å². The van der Waals surface area contributed by atoms with Gasteiger partial charge in [-0.05, 0) is 43.0 Å². The third kappa shape index (κ3) is 5.23. The molecule has 2 unspecified atom stereocenters. The fourth-order valence-corrected chi connectivity index (χ4v) is 3.37. The van der Waals surface area contributed by atoms with E-state index in [0.29, 0.717) is 10.0 Å². The molecule has 1 N–H and O–H groups in total. The van der Waals surface area contributed by atoms with Gasteiger partial charge < -0.3 is 10.1 Å². The Hall–Kier alpha value is -1.56. The van der Waals surface area contributed by atoms with Gasteiger partial charge in [0.05, 0.1) is 12.5 Å². The Kier molecular flexibility index (Phi) is 6.66. The average Bonchev–Trinajstić information content (AvgIpc) is 2.99. The number of ether oxygens (including phenoxy) is 1. The second-order valence-corrected chi connectivity index (χ2v) is 7.16. The van der Waals surface area contributed by atoms with Crippen LogP contribution in [-0.4, -0.2) is 18.0 Å². The van der Waals surface area contributed by atoms with Gasteiger partial charge >= 0.3 is 5.97 Å². The first-order chi connectivity index (χ1) is 11.4. The number of nitrogens with one attached hydrogen (secondary N) is 1. The maximum absolute atomic E-state index is 12.2. The lowest BCUT2D eigenvalue weighted by molar-refractivity contribution is -0.154. The van der Waals surface area contributed by atoms with Gasteiger partial charge in [-0.25, -0.2) is 0 Å². The molecule has 0 saturated carbocycles. The zero-order valence-corrected chi connectivity index (χ0v) is 15.5. The van der Waals surface area contributed by atoms with Crippen LogP contribution >= 0.6 is 34.5 Å². The van der Waals surface area contributed by atoms with Crippen molar-refractivity contribution >= 4 is 46.4 Å². The van der Waals surface area contributed by atoms with Gasteiger partial charge in [-0.1, -0.05) is 35.3 Å². The van der Waals surface area contributed by atoms with Gasteiger partial charge in [-0.15, -0.1) is 11.3 Å². The maximum Gasteiger partial charge on any atom is 0.311 e. The Bertz CT molecular complexity index is 719. The SMILES string of the molecule is CC(OC(=O)Cc1cccs1)C(=O)NC(C)c1ccc(Cl)cc1Cl. The molecule has 0 fully saturated rings. The normalized spacial score (nSPS) is 13.2. The van der Waals surface area contributed by atoms with Crippen LogP contribution in [0.1, 0.15) is 30.3 Å². The van der Waals surface area contributed by atoms with Crippen LogP contribution in [0, 0.1) is 0 Å². The molecule has 2 aromatic rings. The number of rotatable bonds is 6. The van der Waals surface area contributed by atoms with E-state index in [1.54, 1.807) is 25.1 Å². The zero-order chi connectivity index (χ0) is 17.7. The minimum Gasteiger partial charge on any atom is -0.452 e. The number of carbonyl (C=O) groups is 2. The quantitative estimate of drug-likeness (QED) is 0.749. The Balaban J connectivity index is 1.89. The van der Waals surface area contributed by atoms with Crippen molar-refractivity contribution in [3.05, 3.63) is 56.2 Å². The molecule has 0 radical (unpaired) electrons. The maximum atomic E-state index is 12.2. The number of amides is 1. The van der Waals surface area contributed by atoms with Crippen molar-refractivity contribution in [2.24, 2.45) is 0 Å². The summed E-state index contributed by atoms with van der Waals surface area (Å²) in [6.45, 7) is 3.34. The molecule has 24 heavy (non-hydrogen) atoms. The third-order valence-electron chi connectivity index (χ3n) is 3.36. The summed E-state index contributed by atoms with van der Waals surface area (Å²) in [7, 11) is 0. The number of thiophene rings is 1. The molecule has 7 heteroatoms. The fourth-order valence-electron chi connectivity index (χ4n) is 2.11. The summed E-state index contributed by atoms with van der Waals surface area (Å²) >= 11 is 13.5. The topological polar surface area (TPSA) is 55.4 Å². The zero-order valence-electron chi connectivity index (χ0n) is 13.2. The number of halogens is 2. The first-order valence-electron chi connectivity index (χ1n) is 7.34. The van der Waals surface area contributed by atoms with Gasteiger partial charge in [0.15, 0.2) is 6.10 Å². The number of esters is 1. The lowest BCUT2D eigenvalue weighted by Gasteiger charge is -2.19. The van der Waals surface area contributed by atoms with Crippen LogP contribution in [-0.2, 0) is 20.7 Å². The van der Waals surface area contributed by atoms with Crippen molar-refractivity contribution in [1.29, 1.82) is 0 Å². The molecule has 4 nitrogen and oxygen atoms in total. The summed E-state index contributed by atoms with van der Waals surface area (Å²) in [6.07, 6.45) is -0.723. The Morgan fingerprint density at radius 2 is 2.00 bits per heavy atom. The van der Waals surface area contributed by atoms with Crippen LogP contribution in [0.4, 0.5) is 0 Å². The molecule has 0 aliphatic carbocycles. The van der Waals surface area contributed by atoms with Crippen molar-refractivity contribution < 1.29 is 14.3 Å². The summed E-state index contributed by atoms with van der Waals surface area (Å²) in [5, 5.41) is 5.66. The monoisotopic (exact) mass is 385 g/mol. The van der Waals surface area contributed by atoms with Gasteiger partial charge in [0.1, 0.15) is 0 Å². The van der Waals surface area contributed by atoms with Crippen molar-refractivity contribution in [3.63, 3.8) is 0 Å². The highest BCUT2D eigenvalue weighted by atomic mass is 35.5. The van der Waals surface area contributed by atoms with Crippen LogP contribution in [0.15, 0.2) is 35.7 Å². The minimum absolute atomic E-state index is 0.161. The van der Waals surface area contributed by atoms with Crippen LogP contribution in [0.25, 0.3) is 0 Å². The fraction of sp³-hybridized carbons (Fsp3) is 0.294. The number of benzene rings is 1. The van der Waals surface area contributed by atoms with Crippen molar-refractivity contribution in [1.82, 2.24) is 5.32 Å². The summed E-state index contributed by atoms with van der Waals surface area (Å²) in [5.41, 5.74) is 0.742. The molecule has 0 aliphatic rings. The Labute approximate surface area is 154 Å². The summed E-state index contributed by atoms with van der Waals surface area (Å²) in [5.74, 6) is -0.815. The van der Waals surface area contributed by atoms with Crippen LogP contribution in [0.2, 0.25) is 10.0 Å². The molecule has 1 heterocycles. The summed E-state index contributed by atoms with van der Waals surface area (Å²) in [6, 6.07) is 8.45.